The summed E-state index contributed by atoms with van der Waals surface area (Å²) < 4.78 is 53.0. The van der Waals surface area contributed by atoms with Crippen molar-refractivity contribution in [3.63, 3.8) is 0 Å². The van der Waals surface area contributed by atoms with E-state index in [1.165, 1.54) is 31.7 Å². The molecule has 19 heteroatoms. The molecule has 1 unspecified atom stereocenters. The second kappa shape index (κ2) is 19.1. The molecule has 0 spiro atoms. The second-order valence-electron chi connectivity index (χ2n) is 12.3. The van der Waals surface area contributed by atoms with Crippen molar-refractivity contribution >= 4 is 48.6 Å². The molecule has 3 N–H and O–H groups in total. The van der Waals surface area contributed by atoms with Gasteiger partial charge in [-0.1, -0.05) is 26.0 Å². The Labute approximate surface area is 295 Å². The molecule has 0 aliphatic carbocycles. The zero-order valence-electron chi connectivity index (χ0n) is 29.5. The fourth-order valence-electron chi connectivity index (χ4n) is 4.24. The standard InChI is InChI=1S/C32H45N6O12P/c1-21(2)25(37-31(42)50-32(4,5)6)30(41)45-13-9-14-47-51(43,20-44-15-12-38-19-36-26-27(33)34-18-35-28(26)38)48-17-16-46-29(40)23-10-7-8-11-24(23)49-22(3)39/h7-8,10-11,18-19,21,25H,9,12-17,20H2,1-6H3,(H,37,42)(H2,33,34,35)/t25-,51?/m1/s1. The van der Waals surface area contributed by atoms with Crippen molar-refractivity contribution in [1.29, 1.82) is 0 Å². The van der Waals surface area contributed by atoms with Gasteiger partial charge in [-0.25, -0.2) is 29.3 Å². The summed E-state index contributed by atoms with van der Waals surface area (Å²) in [5.74, 6) is -2.11. The number of ether oxygens (including phenoxy) is 5. The lowest BCUT2D eigenvalue weighted by molar-refractivity contribution is -0.147. The van der Waals surface area contributed by atoms with Gasteiger partial charge in [-0.2, -0.15) is 0 Å². The first-order valence-corrected chi connectivity index (χ1v) is 17.8. The lowest BCUT2D eigenvalue weighted by atomic mass is 10.1. The number of nitrogens with zero attached hydrogens (tertiary/aromatic N) is 4. The summed E-state index contributed by atoms with van der Waals surface area (Å²) in [6, 6.07) is 5.08. The number of nitrogen functional groups attached to an aromatic ring is 1. The molecular formula is C32H45N6O12P. The van der Waals surface area contributed by atoms with Crippen LogP contribution in [0.1, 0.15) is 58.3 Å². The average molecular weight is 737 g/mol. The Morgan fingerprint density at radius 1 is 0.961 bits per heavy atom. The molecule has 0 fully saturated rings. The number of carbonyl (C=O) groups is 4. The van der Waals surface area contributed by atoms with Gasteiger partial charge in [-0.15, -0.1) is 0 Å². The van der Waals surface area contributed by atoms with Gasteiger partial charge in [-0.05, 0) is 38.8 Å². The third-order valence-corrected chi connectivity index (χ3v) is 8.19. The number of nitrogens with one attached hydrogen (secondary N) is 1. The fourth-order valence-corrected chi connectivity index (χ4v) is 5.57. The number of para-hydroxylation sites is 1. The van der Waals surface area contributed by atoms with Crippen LogP contribution >= 0.6 is 7.60 Å². The smallest absolute Gasteiger partial charge is 0.408 e. The van der Waals surface area contributed by atoms with Crippen LogP contribution in [0.3, 0.4) is 0 Å². The van der Waals surface area contributed by atoms with E-state index in [0.29, 0.717) is 11.2 Å². The number of amides is 1. The zero-order chi connectivity index (χ0) is 37.6. The van der Waals surface area contributed by atoms with Crippen molar-refractivity contribution in [2.75, 3.05) is 45.1 Å². The van der Waals surface area contributed by atoms with Gasteiger partial charge < -0.3 is 48.3 Å². The Hall–Kier alpha value is -4.64. The van der Waals surface area contributed by atoms with Gasteiger partial charge in [0.05, 0.1) is 32.8 Å². The van der Waals surface area contributed by atoms with Crippen LogP contribution in [0.15, 0.2) is 36.9 Å². The third kappa shape index (κ3) is 13.5. The van der Waals surface area contributed by atoms with Crippen LogP contribution in [0, 0.1) is 5.92 Å². The monoisotopic (exact) mass is 736 g/mol. The van der Waals surface area contributed by atoms with E-state index in [9.17, 15) is 23.7 Å². The summed E-state index contributed by atoms with van der Waals surface area (Å²) in [6.07, 6.45) is 1.74. The van der Waals surface area contributed by atoms with E-state index < -0.39 is 49.6 Å². The predicted molar refractivity (Wildman–Crippen MR) is 182 cm³/mol. The maximum absolute atomic E-state index is 13.7. The minimum absolute atomic E-state index is 0.0186. The molecule has 0 aliphatic rings. The Balaban J connectivity index is 1.54. The third-order valence-electron chi connectivity index (χ3n) is 6.53. The highest BCUT2D eigenvalue weighted by Crippen LogP contribution is 2.48. The van der Waals surface area contributed by atoms with E-state index in [0.717, 1.165) is 0 Å². The molecular weight excluding hydrogens is 691 g/mol. The SMILES string of the molecule is CC(=O)Oc1ccccc1C(=O)OCCOP(=O)(COCCn1cnc2c(N)ncnc21)OCCCOC(=O)[C@H](NC(=O)OC(C)(C)C)C(C)C. The van der Waals surface area contributed by atoms with Crippen molar-refractivity contribution in [3.8, 4) is 5.75 Å². The number of aromatic nitrogens is 4. The number of benzene rings is 1. The van der Waals surface area contributed by atoms with Crippen LogP contribution in [0.2, 0.25) is 0 Å². The first-order valence-electron chi connectivity index (χ1n) is 16.1. The average Bonchev–Trinajstić information content (AvgIpc) is 3.47. The van der Waals surface area contributed by atoms with Crippen LogP contribution < -0.4 is 15.8 Å². The van der Waals surface area contributed by atoms with Gasteiger partial charge in [0, 0.05) is 19.9 Å². The van der Waals surface area contributed by atoms with Gasteiger partial charge in [0.2, 0.25) is 0 Å². The highest BCUT2D eigenvalue weighted by molar-refractivity contribution is 7.53. The van der Waals surface area contributed by atoms with E-state index in [2.05, 4.69) is 20.3 Å². The van der Waals surface area contributed by atoms with Gasteiger partial charge in [0.1, 0.15) is 47.8 Å². The number of fused-ring (bicyclic) bond motifs is 1. The number of carbonyl (C=O) groups excluding carboxylic acids is 4. The second-order valence-corrected chi connectivity index (χ2v) is 14.3. The molecule has 51 heavy (non-hydrogen) atoms. The number of anilines is 1. The minimum Gasteiger partial charge on any atom is -0.464 e. The van der Waals surface area contributed by atoms with Gasteiger partial charge in [-0.3, -0.25) is 9.36 Å². The lowest BCUT2D eigenvalue weighted by Crippen LogP contribution is -2.47. The molecule has 280 valence electrons. The predicted octanol–water partition coefficient (Wildman–Crippen LogP) is 3.87. The summed E-state index contributed by atoms with van der Waals surface area (Å²) in [5.41, 5.74) is 6.04. The number of hydrogen-bond donors (Lipinski definition) is 2. The van der Waals surface area contributed by atoms with E-state index >= 15 is 0 Å². The molecule has 3 rings (SSSR count). The Morgan fingerprint density at radius 3 is 2.39 bits per heavy atom. The summed E-state index contributed by atoms with van der Waals surface area (Å²) in [5, 5.41) is 2.52. The topological polar surface area (TPSA) is 232 Å². The molecule has 1 amide bonds. The zero-order valence-corrected chi connectivity index (χ0v) is 30.4. The van der Waals surface area contributed by atoms with Gasteiger partial charge in [0.25, 0.3) is 0 Å². The highest BCUT2D eigenvalue weighted by atomic mass is 31.2. The molecule has 2 atom stereocenters. The summed E-state index contributed by atoms with van der Waals surface area (Å²) >= 11 is 0. The van der Waals surface area contributed by atoms with Crippen molar-refractivity contribution in [2.24, 2.45) is 5.92 Å². The summed E-state index contributed by atoms with van der Waals surface area (Å²) in [6.45, 7) is 9.23. The maximum atomic E-state index is 13.7. The Kier molecular flexibility index (Phi) is 15.3. The number of hydrogen-bond acceptors (Lipinski definition) is 16. The van der Waals surface area contributed by atoms with Gasteiger partial charge >= 0.3 is 31.6 Å². The molecule has 2 aromatic heterocycles. The number of nitrogens with two attached hydrogens (primary N) is 1. The van der Waals surface area contributed by atoms with Crippen molar-refractivity contribution in [3.05, 3.63) is 42.5 Å². The molecule has 0 saturated heterocycles. The van der Waals surface area contributed by atoms with Crippen LogP contribution in [0.5, 0.6) is 5.75 Å². The summed E-state index contributed by atoms with van der Waals surface area (Å²) in [7, 11) is -3.95. The molecule has 3 aromatic rings. The largest absolute Gasteiger partial charge is 0.464 e. The number of esters is 3. The Bertz CT molecular complexity index is 1690. The van der Waals surface area contributed by atoms with Crippen LogP contribution in [-0.2, 0) is 48.7 Å². The van der Waals surface area contributed by atoms with E-state index in [1.54, 1.807) is 51.3 Å². The molecule has 0 radical (unpaired) electrons. The number of imidazole rings is 1. The quantitative estimate of drug-likeness (QED) is 0.0584. The summed E-state index contributed by atoms with van der Waals surface area (Å²) in [4.78, 5) is 61.2. The first-order chi connectivity index (χ1) is 24.1. The number of rotatable bonds is 19. The molecule has 18 nitrogen and oxygen atoms in total. The van der Waals surface area contributed by atoms with E-state index in [-0.39, 0.29) is 69.0 Å². The highest BCUT2D eigenvalue weighted by Gasteiger charge is 2.29. The molecule has 2 heterocycles. The Morgan fingerprint density at radius 2 is 1.69 bits per heavy atom. The van der Waals surface area contributed by atoms with E-state index in [4.69, 9.17) is 38.5 Å². The molecule has 0 bridgehead atoms. The minimum atomic E-state index is -3.95. The molecule has 1 aromatic carbocycles. The van der Waals surface area contributed by atoms with E-state index in [1.807, 2.05) is 0 Å². The first kappa shape index (κ1) is 40.8. The van der Waals surface area contributed by atoms with Crippen molar-refractivity contribution in [2.45, 2.75) is 66.2 Å². The maximum Gasteiger partial charge on any atom is 0.408 e. The molecule has 0 saturated carbocycles. The normalized spacial score (nSPS) is 13.3. The van der Waals surface area contributed by atoms with Crippen LogP contribution in [0.4, 0.5) is 10.6 Å². The van der Waals surface area contributed by atoms with Crippen molar-refractivity contribution < 1.29 is 56.5 Å². The number of alkyl carbamates (subject to hydrolysis) is 1. The van der Waals surface area contributed by atoms with Gasteiger partial charge in [0.15, 0.2) is 11.5 Å². The fraction of sp³-hybridized carbons (Fsp3) is 0.531. The van der Waals surface area contributed by atoms with Crippen LogP contribution in [-0.4, -0.2) is 94.5 Å². The molecule has 0 aliphatic heterocycles. The van der Waals surface area contributed by atoms with Crippen molar-refractivity contribution in [1.82, 2.24) is 24.8 Å². The lowest BCUT2D eigenvalue weighted by Gasteiger charge is -2.24. The van der Waals surface area contributed by atoms with Crippen LogP contribution in [0.25, 0.3) is 11.2 Å².